The molecule has 0 atom stereocenters. The number of carbonyl (C=O) groups excluding carboxylic acids is 1. The second-order valence-electron chi connectivity index (χ2n) is 6.32. The van der Waals surface area contributed by atoms with E-state index in [2.05, 4.69) is 0 Å². The van der Waals surface area contributed by atoms with Gasteiger partial charge in [0.1, 0.15) is 22.2 Å². The smallest absolute Gasteiger partial charge is 0.339 e. The number of hydrogen-bond donors (Lipinski definition) is 0. The highest BCUT2D eigenvalue weighted by Crippen LogP contribution is 2.21. The third-order valence-electron chi connectivity index (χ3n) is 4.16. The van der Waals surface area contributed by atoms with E-state index in [1.54, 1.807) is 48.4 Å². The normalized spacial score (nSPS) is 11.2. The summed E-state index contributed by atoms with van der Waals surface area (Å²) in [6.45, 7) is 2.34. The van der Waals surface area contributed by atoms with Gasteiger partial charge in [-0.05, 0) is 54.1 Å². The summed E-state index contributed by atoms with van der Waals surface area (Å²) in [5.41, 5.74) is 0.699. The van der Waals surface area contributed by atoms with Crippen LogP contribution < -0.4 is 4.18 Å². The predicted molar refractivity (Wildman–Crippen MR) is 104 cm³/mol. The third-order valence-corrected chi connectivity index (χ3v) is 5.42. The van der Waals surface area contributed by atoms with Crippen LogP contribution >= 0.6 is 0 Å². The van der Waals surface area contributed by atoms with Crippen molar-refractivity contribution in [2.24, 2.45) is 0 Å². The lowest BCUT2D eigenvalue weighted by atomic mass is 10.2. The van der Waals surface area contributed by atoms with E-state index in [4.69, 9.17) is 8.60 Å². The number of amides is 1. The number of furan rings is 1. The Kier molecular flexibility index (Phi) is 6.33. The SMILES string of the molecule is CCC(=O)N(Cc1cccc(OS(=O)(=O)c2ccc(F)cc2)c1)Cc1ccco1. The van der Waals surface area contributed by atoms with Crippen LogP contribution in [0.1, 0.15) is 24.7 Å². The van der Waals surface area contributed by atoms with Gasteiger partial charge in [-0.1, -0.05) is 19.1 Å². The largest absolute Gasteiger partial charge is 0.467 e. The molecule has 0 aliphatic rings. The first-order chi connectivity index (χ1) is 13.9. The van der Waals surface area contributed by atoms with Crippen molar-refractivity contribution in [3.05, 3.63) is 84.1 Å². The summed E-state index contributed by atoms with van der Waals surface area (Å²) in [6, 6.07) is 14.4. The molecule has 3 rings (SSSR count). The van der Waals surface area contributed by atoms with Gasteiger partial charge in [0.15, 0.2) is 0 Å². The van der Waals surface area contributed by atoms with Crippen LogP contribution in [0.15, 0.2) is 76.2 Å². The van der Waals surface area contributed by atoms with Gasteiger partial charge < -0.3 is 13.5 Å². The maximum absolute atomic E-state index is 13.0. The Bertz CT molecular complexity index is 1060. The van der Waals surface area contributed by atoms with E-state index in [1.165, 1.54) is 6.07 Å². The van der Waals surface area contributed by atoms with Crippen LogP contribution in [-0.2, 0) is 28.0 Å². The Hall–Kier alpha value is -3.13. The first kappa shape index (κ1) is 20.6. The van der Waals surface area contributed by atoms with E-state index >= 15 is 0 Å². The van der Waals surface area contributed by atoms with Crippen molar-refractivity contribution in [3.8, 4) is 5.75 Å². The van der Waals surface area contributed by atoms with Gasteiger partial charge in [-0.2, -0.15) is 8.42 Å². The molecular weight excluding hydrogens is 397 g/mol. The second kappa shape index (κ2) is 8.91. The molecule has 1 amide bonds. The summed E-state index contributed by atoms with van der Waals surface area (Å²) in [7, 11) is -4.10. The first-order valence-electron chi connectivity index (χ1n) is 8.96. The zero-order valence-corrected chi connectivity index (χ0v) is 16.6. The van der Waals surface area contributed by atoms with Gasteiger partial charge >= 0.3 is 10.1 Å². The topological polar surface area (TPSA) is 76.8 Å². The van der Waals surface area contributed by atoms with Gasteiger partial charge in [-0.3, -0.25) is 4.79 Å². The molecule has 0 fully saturated rings. The van der Waals surface area contributed by atoms with Crippen molar-refractivity contribution in [1.29, 1.82) is 0 Å². The molecule has 0 radical (unpaired) electrons. The quantitative estimate of drug-likeness (QED) is 0.515. The minimum Gasteiger partial charge on any atom is -0.467 e. The fraction of sp³-hybridized carbons (Fsp3) is 0.190. The number of hydrogen-bond acceptors (Lipinski definition) is 5. The molecule has 152 valence electrons. The minimum atomic E-state index is -4.10. The lowest BCUT2D eigenvalue weighted by Gasteiger charge is -2.21. The molecule has 0 N–H and O–H groups in total. The highest BCUT2D eigenvalue weighted by atomic mass is 32.2. The molecule has 8 heteroatoms. The number of nitrogens with zero attached hydrogens (tertiary/aromatic N) is 1. The number of benzene rings is 2. The molecule has 2 aromatic carbocycles. The van der Waals surface area contributed by atoms with Gasteiger partial charge in [0.25, 0.3) is 0 Å². The molecule has 0 aliphatic carbocycles. The molecular formula is C21H20FNO5S. The summed E-state index contributed by atoms with van der Waals surface area (Å²) < 4.78 is 48.3. The fourth-order valence-corrected chi connectivity index (χ4v) is 3.66. The van der Waals surface area contributed by atoms with Gasteiger partial charge in [0.05, 0.1) is 12.8 Å². The monoisotopic (exact) mass is 417 g/mol. The Balaban J connectivity index is 1.77. The lowest BCUT2D eigenvalue weighted by Crippen LogP contribution is -2.29. The maximum atomic E-state index is 13.0. The van der Waals surface area contributed by atoms with E-state index in [1.807, 2.05) is 0 Å². The molecule has 29 heavy (non-hydrogen) atoms. The van der Waals surface area contributed by atoms with E-state index in [0.717, 1.165) is 24.3 Å². The van der Waals surface area contributed by atoms with Gasteiger partial charge in [0.2, 0.25) is 5.91 Å². The highest BCUT2D eigenvalue weighted by Gasteiger charge is 2.18. The maximum Gasteiger partial charge on any atom is 0.339 e. The van der Waals surface area contributed by atoms with Crippen LogP contribution in [-0.4, -0.2) is 19.2 Å². The average molecular weight is 417 g/mol. The molecule has 0 bridgehead atoms. The number of halogens is 1. The van der Waals surface area contributed by atoms with Crippen molar-refractivity contribution in [2.45, 2.75) is 31.3 Å². The van der Waals surface area contributed by atoms with Gasteiger partial charge in [-0.15, -0.1) is 0 Å². The lowest BCUT2D eigenvalue weighted by molar-refractivity contribution is -0.132. The van der Waals surface area contributed by atoms with Gasteiger partial charge in [0, 0.05) is 13.0 Å². The summed E-state index contributed by atoms with van der Waals surface area (Å²) in [5.74, 6) is 0.154. The Morgan fingerprint density at radius 1 is 1.07 bits per heavy atom. The van der Waals surface area contributed by atoms with E-state index in [9.17, 15) is 17.6 Å². The van der Waals surface area contributed by atoms with E-state index in [0.29, 0.717) is 24.3 Å². The minimum absolute atomic E-state index is 0.0633. The first-order valence-corrected chi connectivity index (χ1v) is 10.4. The average Bonchev–Trinajstić information content (AvgIpc) is 3.20. The summed E-state index contributed by atoms with van der Waals surface area (Å²) in [5, 5.41) is 0. The van der Waals surface area contributed by atoms with E-state index < -0.39 is 15.9 Å². The molecule has 1 heterocycles. The van der Waals surface area contributed by atoms with Crippen molar-refractivity contribution in [1.82, 2.24) is 4.90 Å². The zero-order valence-electron chi connectivity index (χ0n) is 15.7. The standard InChI is InChI=1S/C21H20FNO5S/c1-2-21(24)23(15-19-7-4-12-27-19)14-16-5-3-6-18(13-16)28-29(25,26)20-10-8-17(22)9-11-20/h3-13H,2,14-15H2,1H3. The number of carbonyl (C=O) groups is 1. The van der Waals surface area contributed by atoms with Crippen LogP contribution in [0, 0.1) is 5.82 Å². The Morgan fingerprint density at radius 3 is 2.48 bits per heavy atom. The fourth-order valence-electron chi connectivity index (χ4n) is 2.74. The van der Waals surface area contributed by atoms with Crippen LogP contribution in [0.3, 0.4) is 0 Å². The molecule has 0 aliphatic heterocycles. The van der Waals surface area contributed by atoms with Crippen molar-refractivity contribution in [2.75, 3.05) is 0 Å². The third kappa shape index (κ3) is 5.45. The van der Waals surface area contributed by atoms with Crippen LogP contribution in [0.4, 0.5) is 4.39 Å². The second-order valence-corrected chi connectivity index (χ2v) is 7.87. The molecule has 0 spiro atoms. The van der Waals surface area contributed by atoms with Crippen molar-refractivity contribution >= 4 is 16.0 Å². The molecule has 0 saturated heterocycles. The zero-order chi connectivity index (χ0) is 20.9. The molecule has 1 aromatic heterocycles. The molecule has 0 unspecified atom stereocenters. The molecule has 0 saturated carbocycles. The van der Waals surface area contributed by atoms with Crippen LogP contribution in [0.5, 0.6) is 5.75 Å². The number of rotatable bonds is 8. The summed E-state index contributed by atoms with van der Waals surface area (Å²) >= 11 is 0. The van der Waals surface area contributed by atoms with E-state index in [-0.39, 0.29) is 23.1 Å². The Morgan fingerprint density at radius 2 is 1.83 bits per heavy atom. The van der Waals surface area contributed by atoms with Crippen LogP contribution in [0.25, 0.3) is 0 Å². The van der Waals surface area contributed by atoms with Gasteiger partial charge in [-0.25, -0.2) is 4.39 Å². The molecule has 6 nitrogen and oxygen atoms in total. The van der Waals surface area contributed by atoms with Crippen molar-refractivity contribution in [3.63, 3.8) is 0 Å². The molecule has 3 aromatic rings. The van der Waals surface area contributed by atoms with Crippen molar-refractivity contribution < 1.29 is 26.2 Å². The Labute approximate surface area is 168 Å². The predicted octanol–water partition coefficient (Wildman–Crippen LogP) is 4.13. The summed E-state index contributed by atoms with van der Waals surface area (Å²) in [4.78, 5) is 13.8. The summed E-state index contributed by atoms with van der Waals surface area (Å²) in [6.07, 6.45) is 1.87. The van der Waals surface area contributed by atoms with Crippen LogP contribution in [0.2, 0.25) is 0 Å². The highest BCUT2D eigenvalue weighted by molar-refractivity contribution is 7.87.